The maximum Gasteiger partial charge on any atom is 0.0165 e. The zero-order valence-electron chi connectivity index (χ0n) is 16.2. The van der Waals surface area contributed by atoms with Crippen molar-refractivity contribution in [1.82, 2.24) is 0 Å². The van der Waals surface area contributed by atoms with Crippen molar-refractivity contribution >= 4 is 28.7 Å². The zero-order chi connectivity index (χ0) is 19.2. The molecule has 0 aromatic heterocycles. The number of fused-ring (bicyclic) bond motifs is 3. The zero-order valence-corrected chi connectivity index (χ0v) is 18.3. The smallest absolute Gasteiger partial charge is 0.0165 e. The Balaban J connectivity index is 1.89. The van der Waals surface area contributed by atoms with Crippen LogP contribution in [0.15, 0.2) is 73.4 Å². The van der Waals surface area contributed by atoms with Crippen molar-refractivity contribution in [2.45, 2.75) is 32.1 Å². The summed E-state index contributed by atoms with van der Waals surface area (Å²) in [4.78, 5) is 0. The van der Waals surface area contributed by atoms with Gasteiger partial charge in [-0.05, 0) is 80.3 Å². The van der Waals surface area contributed by atoms with Crippen LogP contribution in [0.25, 0.3) is 17.2 Å². The minimum Gasteiger partial charge on any atom is -0.0991 e. The van der Waals surface area contributed by atoms with E-state index in [2.05, 4.69) is 111 Å². The van der Waals surface area contributed by atoms with Crippen molar-refractivity contribution in [3.8, 4) is 11.1 Å². The molecule has 2 aliphatic carbocycles. The van der Waals surface area contributed by atoms with Gasteiger partial charge in [-0.3, -0.25) is 0 Å². The number of halogens is 1. The first kappa shape index (κ1) is 18.5. The summed E-state index contributed by atoms with van der Waals surface area (Å²) in [5.41, 5.74) is 8.33. The molecular formula is C26H25I. The Labute approximate surface area is 176 Å². The van der Waals surface area contributed by atoms with E-state index in [1.807, 2.05) is 12.2 Å². The van der Waals surface area contributed by atoms with Gasteiger partial charge in [-0.1, -0.05) is 87.2 Å². The van der Waals surface area contributed by atoms with Gasteiger partial charge in [0.2, 0.25) is 0 Å². The predicted molar refractivity (Wildman–Crippen MR) is 126 cm³/mol. The molecule has 0 amide bonds. The lowest BCUT2D eigenvalue weighted by Gasteiger charge is -2.29. The Hall–Kier alpha value is -1.87. The highest BCUT2D eigenvalue weighted by Crippen LogP contribution is 2.53. The van der Waals surface area contributed by atoms with Crippen LogP contribution < -0.4 is 0 Å². The number of rotatable bonds is 3. The highest BCUT2D eigenvalue weighted by Gasteiger charge is 2.44. The predicted octanol–water partition coefficient (Wildman–Crippen LogP) is 7.58. The van der Waals surface area contributed by atoms with E-state index in [1.165, 1.54) is 37.0 Å². The van der Waals surface area contributed by atoms with Crippen molar-refractivity contribution in [1.29, 1.82) is 0 Å². The van der Waals surface area contributed by atoms with Crippen LogP contribution in [0.4, 0.5) is 0 Å². The third-order valence-electron chi connectivity index (χ3n) is 6.23. The van der Waals surface area contributed by atoms with Crippen molar-refractivity contribution in [2.75, 3.05) is 0 Å². The monoisotopic (exact) mass is 464 g/mol. The second-order valence-corrected chi connectivity index (χ2v) is 9.24. The number of hydrogen-bond acceptors (Lipinski definition) is 0. The van der Waals surface area contributed by atoms with Gasteiger partial charge in [0.15, 0.2) is 0 Å². The van der Waals surface area contributed by atoms with Gasteiger partial charge in [0.05, 0.1) is 0 Å². The minimum absolute atomic E-state index is 0.145. The van der Waals surface area contributed by atoms with Crippen LogP contribution in [0.5, 0.6) is 0 Å². The minimum atomic E-state index is 0.145. The molecule has 1 unspecified atom stereocenters. The van der Waals surface area contributed by atoms with Gasteiger partial charge >= 0.3 is 0 Å². The maximum atomic E-state index is 3.84. The molecule has 27 heavy (non-hydrogen) atoms. The fraction of sp³-hybridized carbons (Fsp3) is 0.231. The molecule has 2 aliphatic rings. The number of allylic oxidation sites excluding steroid dienone is 6. The molecule has 0 heterocycles. The quantitative estimate of drug-likeness (QED) is 0.324. The lowest BCUT2D eigenvalue weighted by atomic mass is 9.74. The summed E-state index contributed by atoms with van der Waals surface area (Å²) in [6.45, 7) is 10.8. The summed E-state index contributed by atoms with van der Waals surface area (Å²) in [5, 5.41) is 0. The topological polar surface area (TPSA) is 0 Å². The summed E-state index contributed by atoms with van der Waals surface area (Å²) >= 11 is 2.42. The van der Waals surface area contributed by atoms with Gasteiger partial charge in [-0.15, -0.1) is 0 Å². The van der Waals surface area contributed by atoms with Crippen LogP contribution in [0.3, 0.4) is 0 Å². The van der Waals surface area contributed by atoms with Crippen molar-refractivity contribution in [3.63, 3.8) is 0 Å². The third-order valence-corrected chi connectivity index (χ3v) is 7.40. The molecule has 0 aliphatic heterocycles. The summed E-state index contributed by atoms with van der Waals surface area (Å²) in [7, 11) is 0. The first-order valence-corrected chi connectivity index (χ1v) is 10.6. The lowest BCUT2D eigenvalue weighted by molar-refractivity contribution is 0.394. The van der Waals surface area contributed by atoms with Crippen LogP contribution in [-0.4, -0.2) is 0 Å². The van der Waals surface area contributed by atoms with E-state index >= 15 is 0 Å². The van der Waals surface area contributed by atoms with Crippen LogP contribution in [0.1, 0.15) is 42.0 Å². The maximum absolute atomic E-state index is 3.84. The fourth-order valence-corrected chi connectivity index (χ4v) is 5.15. The van der Waals surface area contributed by atoms with Gasteiger partial charge in [-0.2, -0.15) is 0 Å². The largest absolute Gasteiger partial charge is 0.0991 e. The van der Waals surface area contributed by atoms with Crippen molar-refractivity contribution in [2.24, 2.45) is 5.92 Å². The Bertz CT molecular complexity index is 1000. The molecule has 0 saturated carbocycles. The molecule has 2 aromatic carbocycles. The second kappa shape index (κ2) is 6.94. The molecule has 2 aromatic rings. The fourth-order valence-electron chi connectivity index (χ4n) is 4.68. The van der Waals surface area contributed by atoms with E-state index in [-0.39, 0.29) is 5.41 Å². The van der Waals surface area contributed by atoms with Gasteiger partial charge in [-0.25, -0.2) is 0 Å². The molecule has 0 fully saturated rings. The first-order chi connectivity index (χ1) is 12.9. The molecule has 4 rings (SSSR count). The summed E-state index contributed by atoms with van der Waals surface area (Å²) in [6.07, 6.45) is 15.2. The first-order valence-electron chi connectivity index (χ1n) is 9.53. The van der Waals surface area contributed by atoms with Crippen LogP contribution in [0, 0.1) is 16.4 Å². The van der Waals surface area contributed by atoms with Crippen LogP contribution in [0.2, 0.25) is 0 Å². The lowest BCUT2D eigenvalue weighted by Crippen LogP contribution is -2.24. The van der Waals surface area contributed by atoms with E-state index < -0.39 is 0 Å². The SMILES string of the molecule is C=C/C=C\c1c(-c2ccc3c(c2)C(C)(C)[C@H]2C=CC=CC32)ccc(I)c1C. The Kier molecular flexibility index (Phi) is 4.75. The van der Waals surface area contributed by atoms with Gasteiger partial charge < -0.3 is 0 Å². The number of benzene rings is 2. The van der Waals surface area contributed by atoms with E-state index in [1.54, 1.807) is 0 Å². The molecule has 0 spiro atoms. The standard InChI is InChI=1S/C26H25I/c1-5-6-9-19-17(2)25(27)15-14-20(19)18-12-13-22-21-10-7-8-11-23(21)26(3,4)24(22)16-18/h5-16,21,23H,1H2,2-4H3/b9-6-/t21?,23-/m0/s1. The van der Waals surface area contributed by atoms with Crippen molar-refractivity contribution in [3.05, 3.63) is 99.2 Å². The molecule has 0 nitrogen and oxygen atoms in total. The van der Waals surface area contributed by atoms with Crippen LogP contribution >= 0.6 is 22.6 Å². The molecule has 136 valence electrons. The molecule has 0 bridgehead atoms. The Morgan fingerprint density at radius 1 is 1.07 bits per heavy atom. The Morgan fingerprint density at radius 2 is 1.85 bits per heavy atom. The Morgan fingerprint density at radius 3 is 2.63 bits per heavy atom. The van der Waals surface area contributed by atoms with Gasteiger partial charge in [0.1, 0.15) is 0 Å². The van der Waals surface area contributed by atoms with Crippen LogP contribution in [-0.2, 0) is 5.41 Å². The average molecular weight is 464 g/mol. The molecular weight excluding hydrogens is 439 g/mol. The summed E-state index contributed by atoms with van der Waals surface area (Å²) in [5.74, 6) is 1.05. The molecule has 0 N–H and O–H groups in total. The average Bonchev–Trinajstić information content (AvgIpc) is 2.90. The highest BCUT2D eigenvalue weighted by atomic mass is 127. The summed E-state index contributed by atoms with van der Waals surface area (Å²) < 4.78 is 1.29. The molecule has 2 atom stereocenters. The van der Waals surface area contributed by atoms with E-state index in [0.29, 0.717) is 11.8 Å². The van der Waals surface area contributed by atoms with Crippen molar-refractivity contribution < 1.29 is 0 Å². The normalized spacial score (nSPS) is 22.1. The molecule has 1 heteroatoms. The molecule has 0 radical (unpaired) electrons. The molecule has 0 saturated heterocycles. The number of hydrogen-bond donors (Lipinski definition) is 0. The third kappa shape index (κ3) is 2.97. The summed E-state index contributed by atoms with van der Waals surface area (Å²) in [6, 6.07) is 11.6. The highest BCUT2D eigenvalue weighted by molar-refractivity contribution is 14.1. The second-order valence-electron chi connectivity index (χ2n) is 8.07. The van der Waals surface area contributed by atoms with E-state index in [0.717, 1.165) is 0 Å². The van der Waals surface area contributed by atoms with Gasteiger partial charge in [0.25, 0.3) is 0 Å². The van der Waals surface area contributed by atoms with Gasteiger partial charge in [0, 0.05) is 9.49 Å². The van der Waals surface area contributed by atoms with E-state index in [4.69, 9.17) is 0 Å². The van der Waals surface area contributed by atoms with E-state index in [9.17, 15) is 0 Å².